The topological polar surface area (TPSA) is 58.0 Å². The van der Waals surface area contributed by atoms with Crippen molar-refractivity contribution in [3.63, 3.8) is 0 Å². The van der Waals surface area contributed by atoms with Gasteiger partial charge < -0.3 is 10.4 Å². The van der Waals surface area contributed by atoms with Crippen LogP contribution in [-0.2, 0) is 12.8 Å². The number of aryl methyl sites for hydroxylation is 2. The first-order chi connectivity index (χ1) is 10.1. The quantitative estimate of drug-likeness (QED) is 0.895. The van der Waals surface area contributed by atoms with Crippen molar-refractivity contribution in [3.05, 3.63) is 51.4 Å². The van der Waals surface area contributed by atoms with Gasteiger partial charge in [-0.15, -0.1) is 0 Å². The summed E-state index contributed by atoms with van der Waals surface area (Å²) in [5.41, 5.74) is 4.09. The van der Waals surface area contributed by atoms with E-state index in [1.54, 1.807) is 0 Å². The van der Waals surface area contributed by atoms with Crippen LogP contribution in [0.1, 0.15) is 35.5 Å². The van der Waals surface area contributed by atoms with Crippen molar-refractivity contribution in [3.8, 4) is 0 Å². The first-order valence-electron chi connectivity index (χ1n) is 7.15. The van der Waals surface area contributed by atoms with E-state index >= 15 is 0 Å². The minimum atomic E-state index is -0.433. The predicted molar refractivity (Wildman–Crippen MR) is 86.4 cm³/mol. The van der Waals surface area contributed by atoms with Crippen LogP contribution in [0.4, 0.5) is 5.82 Å². The summed E-state index contributed by atoms with van der Waals surface area (Å²) >= 11 is 3.44. The fourth-order valence-electron chi connectivity index (χ4n) is 2.78. The number of aromatic nitrogens is 2. The smallest absolute Gasteiger partial charge is 0.148 e. The lowest BCUT2D eigenvalue weighted by Crippen LogP contribution is -2.22. The van der Waals surface area contributed by atoms with Crippen LogP contribution in [0, 0.1) is 6.92 Å². The van der Waals surface area contributed by atoms with Crippen LogP contribution >= 0.6 is 15.9 Å². The molecule has 1 aromatic heterocycles. The predicted octanol–water partition coefficient (Wildman–Crippen LogP) is 3.18. The van der Waals surface area contributed by atoms with Gasteiger partial charge in [0, 0.05) is 6.42 Å². The molecule has 0 amide bonds. The van der Waals surface area contributed by atoms with Gasteiger partial charge in [-0.25, -0.2) is 9.97 Å². The van der Waals surface area contributed by atoms with E-state index in [0.29, 0.717) is 6.42 Å². The van der Waals surface area contributed by atoms with Crippen molar-refractivity contribution < 1.29 is 5.11 Å². The normalized spacial score (nSPS) is 20.4. The van der Waals surface area contributed by atoms with Gasteiger partial charge in [-0.3, -0.25) is 0 Å². The van der Waals surface area contributed by atoms with Crippen LogP contribution in [0.3, 0.4) is 0 Å². The molecule has 110 valence electrons. The van der Waals surface area contributed by atoms with Gasteiger partial charge in [-0.05, 0) is 40.4 Å². The highest BCUT2D eigenvalue weighted by atomic mass is 79.9. The van der Waals surface area contributed by atoms with Gasteiger partial charge in [-0.2, -0.15) is 0 Å². The molecular formula is C16H18BrN3O. The van der Waals surface area contributed by atoms with Gasteiger partial charge in [-0.1, -0.05) is 31.2 Å². The summed E-state index contributed by atoms with van der Waals surface area (Å²) in [4.78, 5) is 9.11. The van der Waals surface area contributed by atoms with Gasteiger partial charge in [0.25, 0.3) is 0 Å². The van der Waals surface area contributed by atoms with E-state index in [9.17, 15) is 5.11 Å². The van der Waals surface area contributed by atoms with Crippen molar-refractivity contribution in [2.45, 2.75) is 38.8 Å². The molecule has 3 rings (SSSR count). The molecule has 0 bridgehead atoms. The highest BCUT2D eigenvalue weighted by Crippen LogP contribution is 2.34. The molecule has 5 heteroatoms. The van der Waals surface area contributed by atoms with Crippen molar-refractivity contribution in [1.82, 2.24) is 9.97 Å². The fourth-order valence-corrected chi connectivity index (χ4v) is 3.42. The first-order valence-corrected chi connectivity index (χ1v) is 7.95. The van der Waals surface area contributed by atoms with E-state index in [4.69, 9.17) is 0 Å². The summed E-state index contributed by atoms with van der Waals surface area (Å²) in [6, 6.07) is 8.01. The largest absolute Gasteiger partial charge is 0.390 e. The Morgan fingerprint density at radius 2 is 2.10 bits per heavy atom. The summed E-state index contributed by atoms with van der Waals surface area (Å²) in [6.07, 6.45) is 1.06. The minimum absolute atomic E-state index is 0.125. The third kappa shape index (κ3) is 2.68. The summed E-state index contributed by atoms with van der Waals surface area (Å²) < 4.78 is 0.792. The standard InChI is InChI=1S/C16H18BrN3O/c1-3-12-15(17)18-9(2)16(19-12)20-14-11-7-5-4-6-10(11)8-13(14)21/h4-7,13-14,21H,3,8H2,1-2H3,(H,19,20)/t13-,14?/m0/s1. The maximum Gasteiger partial charge on any atom is 0.148 e. The second kappa shape index (κ2) is 5.73. The van der Waals surface area contributed by atoms with E-state index in [1.807, 2.05) is 26.0 Å². The van der Waals surface area contributed by atoms with Crippen molar-refractivity contribution >= 4 is 21.7 Å². The average molecular weight is 348 g/mol. The lowest BCUT2D eigenvalue weighted by Gasteiger charge is -2.20. The van der Waals surface area contributed by atoms with Gasteiger partial charge in [0.15, 0.2) is 0 Å². The Balaban J connectivity index is 1.94. The van der Waals surface area contributed by atoms with Crippen LogP contribution in [0.5, 0.6) is 0 Å². The lowest BCUT2D eigenvalue weighted by molar-refractivity contribution is 0.165. The average Bonchev–Trinajstić information content (AvgIpc) is 2.78. The Bertz CT molecular complexity index is 675. The lowest BCUT2D eigenvalue weighted by atomic mass is 10.1. The van der Waals surface area contributed by atoms with E-state index in [0.717, 1.165) is 33.8 Å². The molecule has 2 aromatic rings. The molecule has 0 saturated carbocycles. The Labute approximate surface area is 132 Å². The first kappa shape index (κ1) is 14.5. The van der Waals surface area contributed by atoms with Gasteiger partial charge in [0.1, 0.15) is 10.4 Å². The minimum Gasteiger partial charge on any atom is -0.390 e. The number of nitrogens with one attached hydrogen (secondary N) is 1. The van der Waals surface area contributed by atoms with Gasteiger partial charge in [0.05, 0.1) is 23.5 Å². The number of halogens is 1. The number of anilines is 1. The number of nitrogens with zero attached hydrogens (tertiary/aromatic N) is 2. The Morgan fingerprint density at radius 1 is 1.33 bits per heavy atom. The molecule has 0 saturated heterocycles. The molecule has 1 unspecified atom stereocenters. The molecule has 0 fully saturated rings. The van der Waals surface area contributed by atoms with Crippen LogP contribution in [-0.4, -0.2) is 21.2 Å². The summed E-state index contributed by atoms with van der Waals surface area (Å²) in [7, 11) is 0. The Morgan fingerprint density at radius 3 is 2.86 bits per heavy atom. The third-order valence-corrected chi connectivity index (χ3v) is 4.56. The molecule has 0 aliphatic heterocycles. The fraction of sp³-hybridized carbons (Fsp3) is 0.375. The highest BCUT2D eigenvalue weighted by Gasteiger charge is 2.31. The summed E-state index contributed by atoms with van der Waals surface area (Å²) in [5, 5.41) is 13.7. The molecule has 1 aromatic carbocycles. The summed E-state index contributed by atoms with van der Waals surface area (Å²) in [6.45, 7) is 3.97. The number of rotatable bonds is 3. The molecule has 1 aliphatic carbocycles. The molecule has 2 N–H and O–H groups in total. The number of aliphatic hydroxyl groups excluding tert-OH is 1. The van der Waals surface area contributed by atoms with Crippen LogP contribution in [0.2, 0.25) is 0 Å². The van der Waals surface area contributed by atoms with Gasteiger partial charge in [0.2, 0.25) is 0 Å². The number of aliphatic hydroxyl groups is 1. The molecule has 1 aliphatic rings. The zero-order valence-electron chi connectivity index (χ0n) is 12.1. The van der Waals surface area contributed by atoms with Crippen LogP contribution in [0.15, 0.2) is 28.9 Å². The van der Waals surface area contributed by atoms with E-state index in [1.165, 1.54) is 5.56 Å². The summed E-state index contributed by atoms with van der Waals surface area (Å²) in [5.74, 6) is 0.746. The zero-order chi connectivity index (χ0) is 15.0. The third-order valence-electron chi connectivity index (χ3n) is 3.92. The van der Waals surface area contributed by atoms with Crippen molar-refractivity contribution in [1.29, 1.82) is 0 Å². The molecule has 21 heavy (non-hydrogen) atoms. The molecule has 0 radical (unpaired) electrons. The molecular weight excluding hydrogens is 330 g/mol. The van der Waals surface area contributed by atoms with E-state index in [2.05, 4.69) is 43.3 Å². The monoisotopic (exact) mass is 347 g/mol. The number of benzene rings is 1. The van der Waals surface area contributed by atoms with E-state index < -0.39 is 6.10 Å². The number of hydrogen-bond donors (Lipinski definition) is 2. The van der Waals surface area contributed by atoms with Gasteiger partial charge >= 0.3 is 0 Å². The maximum absolute atomic E-state index is 10.3. The second-order valence-corrected chi connectivity index (χ2v) is 6.09. The second-order valence-electron chi connectivity index (χ2n) is 5.34. The SMILES string of the molecule is CCc1nc(NC2c3ccccc3C[C@@H]2O)c(C)nc1Br. The highest BCUT2D eigenvalue weighted by molar-refractivity contribution is 9.10. The number of fused-ring (bicyclic) bond motifs is 1. The van der Waals surface area contributed by atoms with Crippen LogP contribution < -0.4 is 5.32 Å². The molecule has 4 nitrogen and oxygen atoms in total. The van der Waals surface area contributed by atoms with Crippen molar-refractivity contribution in [2.24, 2.45) is 0 Å². The molecule has 1 heterocycles. The van der Waals surface area contributed by atoms with E-state index in [-0.39, 0.29) is 6.04 Å². The van der Waals surface area contributed by atoms with Crippen molar-refractivity contribution in [2.75, 3.05) is 5.32 Å². The Kier molecular flexibility index (Phi) is 3.95. The Hall–Kier alpha value is -1.46. The maximum atomic E-state index is 10.3. The number of hydrogen-bond acceptors (Lipinski definition) is 4. The zero-order valence-corrected chi connectivity index (χ0v) is 13.7. The molecule has 0 spiro atoms. The molecule has 2 atom stereocenters. The van der Waals surface area contributed by atoms with Crippen LogP contribution in [0.25, 0.3) is 0 Å².